The van der Waals surface area contributed by atoms with Crippen LogP contribution in [0.4, 0.5) is 0 Å². The van der Waals surface area contributed by atoms with Gasteiger partial charge in [0.25, 0.3) is 0 Å². The van der Waals surface area contributed by atoms with Gasteiger partial charge in [0.15, 0.2) is 17.2 Å². The van der Waals surface area contributed by atoms with Crippen LogP contribution in [-0.2, 0) is 23.9 Å². The Balaban J connectivity index is 1.97. The summed E-state index contributed by atoms with van der Waals surface area (Å²) in [6.45, 7) is 4.99. The van der Waals surface area contributed by atoms with Crippen LogP contribution in [0.5, 0.6) is 0 Å². The summed E-state index contributed by atoms with van der Waals surface area (Å²) in [5, 5.41) is 0. The standard InChI is InChI=1S/C14H14O5/c1-6(2)13(18)19-14-4-7-3-8(12(14)17)11(16)9(5-14)10(7)15/h7-9H,1,3-5H2,2H3. The predicted molar refractivity (Wildman–Crippen MR) is 63.0 cm³/mol. The monoisotopic (exact) mass is 262 g/mol. The van der Waals surface area contributed by atoms with Gasteiger partial charge in [-0.25, -0.2) is 4.79 Å². The highest BCUT2D eigenvalue weighted by molar-refractivity contribution is 6.21. The first-order valence-electron chi connectivity index (χ1n) is 6.36. The molecule has 0 aliphatic heterocycles. The Morgan fingerprint density at radius 1 is 1.21 bits per heavy atom. The smallest absolute Gasteiger partial charge is 0.334 e. The van der Waals surface area contributed by atoms with Gasteiger partial charge in [-0.1, -0.05) is 6.58 Å². The van der Waals surface area contributed by atoms with E-state index in [0.717, 1.165) is 0 Å². The summed E-state index contributed by atoms with van der Waals surface area (Å²) in [5.41, 5.74) is -1.06. The van der Waals surface area contributed by atoms with Gasteiger partial charge in [-0.3, -0.25) is 14.4 Å². The summed E-state index contributed by atoms with van der Waals surface area (Å²) in [6.07, 6.45) is 0.541. The van der Waals surface area contributed by atoms with Crippen molar-refractivity contribution in [3.8, 4) is 0 Å². The van der Waals surface area contributed by atoms with E-state index < -0.39 is 23.4 Å². The van der Waals surface area contributed by atoms with Gasteiger partial charge in [-0.05, 0) is 13.3 Å². The molecule has 5 nitrogen and oxygen atoms in total. The number of ether oxygens (including phenoxy) is 1. The molecule has 0 saturated heterocycles. The molecule has 5 heteroatoms. The zero-order valence-electron chi connectivity index (χ0n) is 10.6. The molecule has 4 fully saturated rings. The Morgan fingerprint density at radius 2 is 1.89 bits per heavy atom. The van der Waals surface area contributed by atoms with Crippen LogP contribution < -0.4 is 0 Å². The maximum Gasteiger partial charge on any atom is 0.334 e. The highest BCUT2D eigenvalue weighted by atomic mass is 16.6. The average Bonchev–Trinajstić information content (AvgIpc) is 2.34. The van der Waals surface area contributed by atoms with Crippen LogP contribution in [0, 0.1) is 17.8 Å². The number of carbonyl (C=O) groups excluding carboxylic acids is 4. The molecule has 0 radical (unpaired) electrons. The Bertz CT molecular complexity index is 542. The van der Waals surface area contributed by atoms with Crippen molar-refractivity contribution in [2.24, 2.45) is 17.8 Å². The quantitative estimate of drug-likeness (QED) is 0.414. The lowest BCUT2D eigenvalue weighted by Crippen LogP contribution is -2.66. The summed E-state index contributed by atoms with van der Waals surface area (Å²) >= 11 is 0. The molecule has 4 atom stereocenters. The van der Waals surface area contributed by atoms with Crippen LogP contribution in [0.25, 0.3) is 0 Å². The number of Topliss-reactive ketones (excluding diaryl/α,β-unsaturated/α-hetero) is 3. The molecule has 100 valence electrons. The lowest BCUT2D eigenvalue weighted by Gasteiger charge is -2.51. The van der Waals surface area contributed by atoms with Crippen molar-refractivity contribution in [1.82, 2.24) is 0 Å². The molecular formula is C14H14O5. The highest BCUT2D eigenvalue weighted by Crippen LogP contribution is 2.52. The molecule has 0 aromatic carbocycles. The average molecular weight is 262 g/mol. The summed E-state index contributed by atoms with van der Waals surface area (Å²) < 4.78 is 5.33. The third kappa shape index (κ3) is 1.47. The van der Waals surface area contributed by atoms with Crippen LogP contribution >= 0.6 is 0 Å². The topological polar surface area (TPSA) is 77.5 Å². The maximum absolute atomic E-state index is 12.3. The van der Waals surface area contributed by atoms with Crippen LogP contribution in [0.3, 0.4) is 0 Å². The van der Waals surface area contributed by atoms with Gasteiger partial charge < -0.3 is 4.74 Å². The summed E-state index contributed by atoms with van der Waals surface area (Å²) in [7, 11) is 0. The van der Waals surface area contributed by atoms with Gasteiger partial charge in [0.2, 0.25) is 0 Å². The molecule has 19 heavy (non-hydrogen) atoms. The van der Waals surface area contributed by atoms with Crippen LogP contribution in [0.15, 0.2) is 12.2 Å². The van der Waals surface area contributed by atoms with E-state index in [4.69, 9.17) is 4.74 Å². The molecule has 4 saturated carbocycles. The molecule has 4 bridgehead atoms. The van der Waals surface area contributed by atoms with Crippen molar-refractivity contribution in [1.29, 1.82) is 0 Å². The Morgan fingerprint density at radius 3 is 2.53 bits per heavy atom. The molecule has 4 aliphatic carbocycles. The Kier molecular flexibility index (Phi) is 2.34. The van der Waals surface area contributed by atoms with Gasteiger partial charge in [-0.15, -0.1) is 0 Å². The van der Waals surface area contributed by atoms with E-state index in [0.29, 0.717) is 6.42 Å². The SMILES string of the molecule is C=C(C)C(=O)OC12CC3CC(C(=O)C(C1)C3=O)C2=O. The van der Waals surface area contributed by atoms with Gasteiger partial charge in [0, 0.05) is 24.3 Å². The fourth-order valence-corrected chi connectivity index (χ4v) is 3.53. The zero-order valence-corrected chi connectivity index (χ0v) is 10.6. The maximum atomic E-state index is 12.3. The third-order valence-electron chi connectivity index (χ3n) is 4.46. The minimum Gasteiger partial charge on any atom is -0.448 e. The Hall–Kier alpha value is -1.78. The van der Waals surface area contributed by atoms with Crippen molar-refractivity contribution in [2.45, 2.75) is 31.8 Å². The van der Waals surface area contributed by atoms with Crippen molar-refractivity contribution in [2.75, 3.05) is 0 Å². The van der Waals surface area contributed by atoms with Gasteiger partial charge in [0.05, 0.1) is 11.8 Å². The van der Waals surface area contributed by atoms with Crippen molar-refractivity contribution < 1.29 is 23.9 Å². The number of ketones is 3. The van der Waals surface area contributed by atoms with Crippen LogP contribution in [0.1, 0.15) is 26.2 Å². The normalized spacial score (nSPS) is 39.6. The van der Waals surface area contributed by atoms with E-state index in [1.54, 1.807) is 0 Å². The molecule has 0 heterocycles. The molecule has 0 N–H and O–H groups in total. The second kappa shape index (κ2) is 3.62. The van der Waals surface area contributed by atoms with E-state index in [2.05, 4.69) is 6.58 Å². The van der Waals surface area contributed by atoms with E-state index in [-0.39, 0.29) is 41.7 Å². The van der Waals surface area contributed by atoms with E-state index in [1.165, 1.54) is 6.92 Å². The first-order chi connectivity index (χ1) is 8.85. The highest BCUT2D eigenvalue weighted by Gasteiger charge is 2.66. The van der Waals surface area contributed by atoms with Crippen LogP contribution in [-0.4, -0.2) is 28.9 Å². The first-order valence-corrected chi connectivity index (χ1v) is 6.36. The number of rotatable bonds is 2. The summed E-state index contributed by atoms with van der Waals surface area (Å²) in [5.74, 6) is -3.16. The molecule has 4 unspecified atom stereocenters. The molecule has 0 spiro atoms. The predicted octanol–water partition coefficient (Wildman–Crippen LogP) is 0.611. The van der Waals surface area contributed by atoms with Crippen molar-refractivity contribution in [3.63, 3.8) is 0 Å². The van der Waals surface area contributed by atoms with E-state index in [1.807, 2.05) is 0 Å². The molecular weight excluding hydrogens is 248 g/mol. The van der Waals surface area contributed by atoms with Gasteiger partial charge in [-0.2, -0.15) is 0 Å². The Labute approximate surface area is 110 Å². The second-order valence-electron chi connectivity index (χ2n) is 5.78. The lowest BCUT2D eigenvalue weighted by atomic mass is 9.52. The van der Waals surface area contributed by atoms with E-state index in [9.17, 15) is 19.2 Å². The summed E-state index contributed by atoms with van der Waals surface area (Å²) in [4.78, 5) is 47.9. The first kappa shape index (κ1) is 12.3. The molecule has 0 aromatic heterocycles. The van der Waals surface area contributed by atoms with E-state index >= 15 is 0 Å². The van der Waals surface area contributed by atoms with Gasteiger partial charge >= 0.3 is 5.97 Å². The second-order valence-corrected chi connectivity index (χ2v) is 5.78. The minimum atomic E-state index is -1.27. The minimum absolute atomic E-state index is 0.0233. The number of carbonyl (C=O) groups is 4. The number of hydrogen-bond donors (Lipinski definition) is 0. The van der Waals surface area contributed by atoms with Crippen molar-refractivity contribution >= 4 is 23.3 Å². The molecule has 4 rings (SSSR count). The number of hydrogen-bond acceptors (Lipinski definition) is 5. The molecule has 0 aromatic rings. The van der Waals surface area contributed by atoms with Crippen molar-refractivity contribution in [3.05, 3.63) is 12.2 Å². The third-order valence-corrected chi connectivity index (χ3v) is 4.46. The van der Waals surface area contributed by atoms with Crippen LogP contribution in [0.2, 0.25) is 0 Å². The fourth-order valence-electron chi connectivity index (χ4n) is 3.53. The summed E-state index contributed by atoms with van der Waals surface area (Å²) in [6, 6.07) is 0. The molecule has 4 aliphatic rings. The largest absolute Gasteiger partial charge is 0.448 e. The molecule has 0 amide bonds. The number of esters is 1. The fraction of sp³-hybridized carbons (Fsp3) is 0.571. The van der Waals surface area contributed by atoms with Gasteiger partial charge in [0.1, 0.15) is 5.78 Å². The lowest BCUT2D eigenvalue weighted by molar-refractivity contribution is -0.191. The zero-order chi connectivity index (χ0) is 13.9.